The van der Waals surface area contributed by atoms with E-state index in [2.05, 4.69) is 10.1 Å². The number of cyclic esters (lactones) is 1. The monoisotopic (exact) mass is 260 g/mol. The number of alkyl halides is 3. The van der Waals surface area contributed by atoms with Crippen molar-refractivity contribution in [1.29, 1.82) is 0 Å². The maximum atomic E-state index is 12.6. The van der Waals surface area contributed by atoms with E-state index in [0.29, 0.717) is 6.07 Å². The number of benzene rings is 1. The summed E-state index contributed by atoms with van der Waals surface area (Å²) < 4.78 is 42.3. The van der Waals surface area contributed by atoms with E-state index in [1.54, 1.807) is 0 Å². The lowest BCUT2D eigenvalue weighted by molar-refractivity contribution is -0.137. The second-order valence-electron chi connectivity index (χ2n) is 3.62. The molecule has 0 unspecified atom stereocenters. The van der Waals surface area contributed by atoms with Gasteiger partial charge >= 0.3 is 12.3 Å². The van der Waals surface area contributed by atoms with Crippen molar-refractivity contribution in [2.75, 3.05) is 5.32 Å². The van der Waals surface area contributed by atoms with Gasteiger partial charge in [-0.1, -0.05) is 0 Å². The number of nitrogens with two attached hydrogens (primary N) is 1. The SMILES string of the molecule is NC(=O)c1cc(C(F)(F)F)cc2c1NC(=O)OC2. The second kappa shape index (κ2) is 3.90. The van der Waals surface area contributed by atoms with E-state index in [0.717, 1.165) is 6.07 Å². The number of nitrogens with one attached hydrogen (secondary N) is 1. The first-order valence-electron chi connectivity index (χ1n) is 4.76. The average molecular weight is 260 g/mol. The van der Waals surface area contributed by atoms with E-state index in [-0.39, 0.29) is 17.9 Å². The lowest BCUT2D eigenvalue weighted by Gasteiger charge is -2.21. The number of anilines is 1. The summed E-state index contributed by atoms with van der Waals surface area (Å²) in [7, 11) is 0. The van der Waals surface area contributed by atoms with Crippen LogP contribution in [0.15, 0.2) is 12.1 Å². The molecule has 0 aromatic heterocycles. The van der Waals surface area contributed by atoms with E-state index >= 15 is 0 Å². The van der Waals surface area contributed by atoms with Crippen LogP contribution in [-0.2, 0) is 17.5 Å². The van der Waals surface area contributed by atoms with Gasteiger partial charge in [0.1, 0.15) is 6.61 Å². The second-order valence-corrected chi connectivity index (χ2v) is 3.62. The van der Waals surface area contributed by atoms with Gasteiger partial charge in [-0.25, -0.2) is 4.79 Å². The molecule has 5 nitrogen and oxygen atoms in total. The molecule has 0 radical (unpaired) electrons. The zero-order chi connectivity index (χ0) is 13.5. The van der Waals surface area contributed by atoms with Gasteiger partial charge in [0.05, 0.1) is 16.8 Å². The molecule has 1 aliphatic rings. The number of ether oxygens (including phenoxy) is 1. The van der Waals surface area contributed by atoms with Crippen LogP contribution in [0.25, 0.3) is 0 Å². The molecule has 2 rings (SSSR count). The van der Waals surface area contributed by atoms with E-state index in [9.17, 15) is 22.8 Å². The topological polar surface area (TPSA) is 81.4 Å². The third-order valence-electron chi connectivity index (χ3n) is 2.40. The number of amides is 2. The highest BCUT2D eigenvalue weighted by molar-refractivity contribution is 6.03. The van der Waals surface area contributed by atoms with Crippen LogP contribution in [0.4, 0.5) is 23.7 Å². The lowest BCUT2D eigenvalue weighted by atomic mass is 10.0. The summed E-state index contributed by atoms with van der Waals surface area (Å²) in [5, 5.41) is 2.16. The Kier molecular flexibility index (Phi) is 2.64. The fourth-order valence-corrected chi connectivity index (χ4v) is 1.60. The Bertz CT molecular complexity index is 540. The van der Waals surface area contributed by atoms with Crippen molar-refractivity contribution < 1.29 is 27.5 Å². The Morgan fingerprint density at radius 1 is 1.39 bits per heavy atom. The standard InChI is InChI=1S/C10H7F3N2O3/c11-10(12,13)5-1-4-3-18-9(17)15-7(4)6(2-5)8(14)16/h1-2H,3H2,(H2,14,16)(H,15,17). The molecule has 1 aliphatic heterocycles. The molecule has 0 saturated heterocycles. The van der Waals surface area contributed by atoms with Gasteiger partial charge in [0.2, 0.25) is 0 Å². The van der Waals surface area contributed by atoms with Gasteiger partial charge in [-0.2, -0.15) is 13.2 Å². The fourth-order valence-electron chi connectivity index (χ4n) is 1.60. The van der Waals surface area contributed by atoms with Crippen LogP contribution in [0.5, 0.6) is 0 Å². The number of hydrogen-bond acceptors (Lipinski definition) is 3. The molecule has 0 saturated carbocycles. The van der Waals surface area contributed by atoms with Crippen molar-refractivity contribution in [2.45, 2.75) is 12.8 Å². The number of halogens is 3. The molecule has 0 aliphatic carbocycles. The molecule has 8 heteroatoms. The summed E-state index contributed by atoms with van der Waals surface area (Å²) in [5.41, 5.74) is 3.60. The molecule has 3 N–H and O–H groups in total. The van der Waals surface area contributed by atoms with E-state index in [1.807, 2.05) is 0 Å². The maximum Gasteiger partial charge on any atom is 0.416 e. The molecule has 96 valence electrons. The van der Waals surface area contributed by atoms with Gasteiger partial charge in [0.15, 0.2) is 0 Å². The van der Waals surface area contributed by atoms with Gasteiger partial charge in [-0.3, -0.25) is 10.1 Å². The molecule has 1 aromatic carbocycles. The summed E-state index contributed by atoms with van der Waals surface area (Å²) in [5.74, 6) is -1.06. The highest BCUT2D eigenvalue weighted by Gasteiger charge is 2.34. The van der Waals surface area contributed by atoms with Crippen molar-refractivity contribution in [3.8, 4) is 0 Å². The summed E-state index contributed by atoms with van der Waals surface area (Å²) in [6, 6.07) is 1.41. The summed E-state index contributed by atoms with van der Waals surface area (Å²) in [4.78, 5) is 22.1. The highest BCUT2D eigenvalue weighted by atomic mass is 19.4. The first-order chi connectivity index (χ1) is 8.29. The third-order valence-corrected chi connectivity index (χ3v) is 2.40. The van der Waals surface area contributed by atoms with Crippen LogP contribution in [0, 0.1) is 0 Å². The van der Waals surface area contributed by atoms with Crippen LogP contribution < -0.4 is 11.1 Å². The van der Waals surface area contributed by atoms with Crippen molar-refractivity contribution in [3.05, 3.63) is 28.8 Å². The molecular formula is C10H7F3N2O3. The van der Waals surface area contributed by atoms with E-state index in [1.165, 1.54) is 0 Å². The van der Waals surface area contributed by atoms with Crippen LogP contribution in [0.3, 0.4) is 0 Å². The van der Waals surface area contributed by atoms with Gasteiger partial charge < -0.3 is 10.5 Å². The Morgan fingerprint density at radius 3 is 2.61 bits per heavy atom. The molecular weight excluding hydrogens is 253 g/mol. The Morgan fingerprint density at radius 2 is 2.06 bits per heavy atom. The minimum absolute atomic E-state index is 0.0354. The number of rotatable bonds is 1. The zero-order valence-corrected chi connectivity index (χ0v) is 8.80. The Hall–Kier alpha value is -2.25. The smallest absolute Gasteiger partial charge is 0.416 e. The van der Waals surface area contributed by atoms with Crippen molar-refractivity contribution >= 4 is 17.7 Å². The van der Waals surface area contributed by atoms with Gasteiger partial charge in [-0.05, 0) is 12.1 Å². The van der Waals surface area contributed by atoms with E-state index in [4.69, 9.17) is 5.73 Å². The third kappa shape index (κ3) is 2.08. The van der Waals surface area contributed by atoms with Crippen LogP contribution in [0.1, 0.15) is 21.5 Å². The van der Waals surface area contributed by atoms with Gasteiger partial charge in [0, 0.05) is 5.56 Å². The maximum absolute atomic E-state index is 12.6. The largest absolute Gasteiger partial charge is 0.444 e. The van der Waals surface area contributed by atoms with E-state index < -0.39 is 29.3 Å². The fraction of sp³-hybridized carbons (Fsp3) is 0.200. The van der Waals surface area contributed by atoms with Crippen LogP contribution in [-0.4, -0.2) is 12.0 Å². The number of carbonyl (C=O) groups is 2. The molecule has 0 bridgehead atoms. The van der Waals surface area contributed by atoms with Crippen molar-refractivity contribution in [1.82, 2.24) is 0 Å². The first kappa shape index (κ1) is 12.2. The Labute approximate surface area is 98.7 Å². The highest BCUT2D eigenvalue weighted by Crippen LogP contribution is 2.35. The average Bonchev–Trinajstić information content (AvgIpc) is 2.25. The van der Waals surface area contributed by atoms with Gasteiger partial charge in [-0.15, -0.1) is 0 Å². The summed E-state index contributed by atoms with van der Waals surface area (Å²) in [6.07, 6.45) is -5.45. The molecule has 0 spiro atoms. The quantitative estimate of drug-likeness (QED) is 0.808. The summed E-state index contributed by atoms with van der Waals surface area (Å²) in [6.45, 7) is -0.342. The number of hydrogen-bond donors (Lipinski definition) is 2. The normalized spacial score (nSPS) is 14.5. The molecule has 0 fully saturated rings. The number of primary amides is 1. The number of fused-ring (bicyclic) bond motifs is 1. The Balaban J connectivity index is 2.63. The van der Waals surface area contributed by atoms with Gasteiger partial charge in [0.25, 0.3) is 5.91 Å². The molecule has 18 heavy (non-hydrogen) atoms. The first-order valence-corrected chi connectivity index (χ1v) is 4.76. The minimum Gasteiger partial charge on any atom is -0.444 e. The van der Waals surface area contributed by atoms with Crippen LogP contribution >= 0.6 is 0 Å². The van der Waals surface area contributed by atoms with Crippen molar-refractivity contribution in [3.63, 3.8) is 0 Å². The molecule has 1 aromatic rings. The molecule has 0 atom stereocenters. The van der Waals surface area contributed by atoms with Crippen molar-refractivity contribution in [2.24, 2.45) is 5.73 Å². The zero-order valence-electron chi connectivity index (χ0n) is 8.80. The predicted octanol–water partition coefficient (Wildman–Crippen LogP) is 1.87. The minimum atomic E-state index is -4.61. The predicted molar refractivity (Wildman–Crippen MR) is 53.8 cm³/mol. The van der Waals surface area contributed by atoms with Crippen LogP contribution in [0.2, 0.25) is 0 Å². The summed E-state index contributed by atoms with van der Waals surface area (Å²) >= 11 is 0. The number of carbonyl (C=O) groups excluding carboxylic acids is 2. The molecule has 2 amide bonds. The lowest BCUT2D eigenvalue weighted by Crippen LogP contribution is -2.25. The molecule has 1 heterocycles.